The van der Waals surface area contributed by atoms with E-state index in [0.717, 1.165) is 81.0 Å². The average molecular weight is 662 g/mol. The molecular formula is C37H48FN5O5. The minimum Gasteiger partial charge on any atom is -0.495 e. The molecule has 1 aromatic heterocycles. The SMILES string of the molecule is COc1cc(CC(=O)N2C[C@@H](N3CCN(CCF)CC3)C[C@H]2CO[C@H]2CC[C@H](C=O)CC2)ccc1NC(=O)c1cn(C)c2ccccc12. The first-order valence-electron chi connectivity index (χ1n) is 17.3. The zero-order chi connectivity index (χ0) is 33.6. The molecule has 2 aliphatic heterocycles. The molecule has 0 unspecified atom stereocenters. The lowest BCUT2D eigenvalue weighted by Gasteiger charge is -2.37. The van der Waals surface area contributed by atoms with Crippen LogP contribution in [-0.2, 0) is 27.8 Å². The van der Waals surface area contributed by atoms with Gasteiger partial charge in [-0.2, -0.15) is 0 Å². The number of hydrogen-bond acceptors (Lipinski definition) is 7. The van der Waals surface area contributed by atoms with Gasteiger partial charge in [-0.05, 0) is 55.9 Å². The maximum atomic E-state index is 13.9. The zero-order valence-electron chi connectivity index (χ0n) is 28.1. The van der Waals surface area contributed by atoms with E-state index < -0.39 is 0 Å². The third kappa shape index (κ3) is 7.74. The normalized spacial score (nSPS) is 23.8. The summed E-state index contributed by atoms with van der Waals surface area (Å²) >= 11 is 0. The molecule has 1 saturated carbocycles. The molecule has 2 atom stereocenters. The number of anilines is 1. The molecule has 0 bridgehead atoms. The van der Waals surface area contributed by atoms with Crippen molar-refractivity contribution < 1.29 is 28.2 Å². The second-order valence-electron chi connectivity index (χ2n) is 13.5. The van der Waals surface area contributed by atoms with E-state index in [-0.39, 0.29) is 49.0 Å². The molecule has 0 spiro atoms. The number of benzene rings is 2. The number of likely N-dealkylation sites (tertiary alicyclic amines) is 1. The van der Waals surface area contributed by atoms with E-state index in [0.29, 0.717) is 36.7 Å². The lowest BCUT2D eigenvalue weighted by Crippen LogP contribution is -2.51. The molecule has 3 heterocycles. The summed E-state index contributed by atoms with van der Waals surface area (Å²) in [6, 6.07) is 13.4. The monoisotopic (exact) mass is 661 g/mol. The molecule has 1 N–H and O–H groups in total. The predicted octanol–water partition coefficient (Wildman–Crippen LogP) is 4.31. The van der Waals surface area contributed by atoms with Gasteiger partial charge in [0.15, 0.2) is 0 Å². The number of para-hydroxylation sites is 1. The number of amides is 2. The van der Waals surface area contributed by atoms with E-state index in [1.807, 2.05) is 59.1 Å². The number of hydrogen-bond donors (Lipinski definition) is 1. The van der Waals surface area contributed by atoms with Gasteiger partial charge >= 0.3 is 0 Å². The molecule has 2 amide bonds. The van der Waals surface area contributed by atoms with E-state index in [4.69, 9.17) is 9.47 Å². The fourth-order valence-electron chi connectivity index (χ4n) is 7.67. The summed E-state index contributed by atoms with van der Waals surface area (Å²) < 4.78 is 26.9. The van der Waals surface area contributed by atoms with Crippen LogP contribution >= 0.6 is 0 Å². The van der Waals surface area contributed by atoms with Gasteiger partial charge in [-0.15, -0.1) is 0 Å². The maximum absolute atomic E-state index is 13.9. The Morgan fingerprint density at radius 2 is 1.81 bits per heavy atom. The minimum atomic E-state index is -0.331. The molecule has 48 heavy (non-hydrogen) atoms. The van der Waals surface area contributed by atoms with Crippen LogP contribution in [0.1, 0.15) is 48.0 Å². The number of fused-ring (bicyclic) bond motifs is 1. The number of nitrogens with one attached hydrogen (secondary N) is 1. The topological polar surface area (TPSA) is 96.3 Å². The van der Waals surface area contributed by atoms with Crippen LogP contribution in [0.5, 0.6) is 5.75 Å². The second-order valence-corrected chi connectivity index (χ2v) is 13.5. The Hall–Kier alpha value is -3.80. The van der Waals surface area contributed by atoms with E-state index in [9.17, 15) is 18.8 Å². The fraction of sp³-hybridized carbons (Fsp3) is 0.541. The Morgan fingerprint density at radius 1 is 1.04 bits per heavy atom. The second kappa shape index (κ2) is 15.6. The number of methoxy groups -OCH3 is 1. The molecule has 3 aliphatic rings. The standard InChI is InChI=1S/C37H48FN5O5/c1-40-23-32(31-5-3-4-6-34(31)40)37(46)39-33-12-9-27(19-35(33)47-2)20-36(45)43-22-28(42-17-15-41(14-13-38)16-18-42)21-29(43)25-48-30-10-7-26(24-44)8-11-30/h3-6,9,12,19,23-24,26,28-30H,7-8,10-11,13-18,20-22,25H2,1-2H3,(H,39,46)/t26-,28-,29-,30-/m0/s1. The smallest absolute Gasteiger partial charge is 0.257 e. The number of alkyl halides is 1. The Bertz CT molecular complexity index is 1580. The highest BCUT2D eigenvalue weighted by Crippen LogP contribution is 2.31. The van der Waals surface area contributed by atoms with Gasteiger partial charge in [-0.3, -0.25) is 19.4 Å². The van der Waals surface area contributed by atoms with Gasteiger partial charge in [0.25, 0.3) is 5.91 Å². The van der Waals surface area contributed by atoms with Gasteiger partial charge in [-0.1, -0.05) is 24.3 Å². The molecule has 3 aromatic rings. The first kappa shape index (κ1) is 34.1. The number of carbonyl (C=O) groups excluding carboxylic acids is 3. The number of aromatic nitrogens is 1. The minimum absolute atomic E-state index is 0.0291. The van der Waals surface area contributed by atoms with Crippen molar-refractivity contribution in [2.24, 2.45) is 13.0 Å². The van der Waals surface area contributed by atoms with Crippen LogP contribution in [0.15, 0.2) is 48.7 Å². The summed E-state index contributed by atoms with van der Waals surface area (Å²) in [5, 5.41) is 3.87. The molecule has 2 aromatic carbocycles. The van der Waals surface area contributed by atoms with Gasteiger partial charge in [0.05, 0.1) is 43.5 Å². The van der Waals surface area contributed by atoms with Crippen LogP contribution < -0.4 is 10.1 Å². The highest BCUT2D eigenvalue weighted by Gasteiger charge is 2.39. The summed E-state index contributed by atoms with van der Waals surface area (Å²) in [7, 11) is 3.47. The van der Waals surface area contributed by atoms with Crippen molar-refractivity contribution >= 4 is 34.7 Å². The number of piperazine rings is 1. The van der Waals surface area contributed by atoms with Crippen molar-refractivity contribution in [3.8, 4) is 5.75 Å². The van der Waals surface area contributed by atoms with Gasteiger partial charge in [0, 0.05) is 75.4 Å². The van der Waals surface area contributed by atoms with Crippen LogP contribution in [-0.4, -0.2) is 115 Å². The number of carbonyl (C=O) groups is 3. The Kier molecular flexibility index (Phi) is 11.1. The number of halogens is 1. The first-order chi connectivity index (χ1) is 23.4. The number of rotatable bonds is 12. The van der Waals surface area contributed by atoms with Crippen molar-refractivity contribution in [1.29, 1.82) is 0 Å². The molecular weight excluding hydrogens is 613 g/mol. The van der Waals surface area contributed by atoms with Gasteiger partial charge in [0.2, 0.25) is 5.91 Å². The van der Waals surface area contributed by atoms with Gasteiger partial charge < -0.3 is 29.1 Å². The van der Waals surface area contributed by atoms with Crippen molar-refractivity contribution in [2.45, 2.75) is 56.7 Å². The van der Waals surface area contributed by atoms with Crippen molar-refractivity contribution in [3.63, 3.8) is 0 Å². The molecule has 258 valence electrons. The molecule has 3 fully saturated rings. The number of aldehydes is 1. The highest BCUT2D eigenvalue weighted by atomic mass is 19.1. The molecule has 2 saturated heterocycles. The summed E-state index contributed by atoms with van der Waals surface area (Å²) in [6.45, 7) is 4.63. The predicted molar refractivity (Wildman–Crippen MR) is 183 cm³/mol. The van der Waals surface area contributed by atoms with Crippen molar-refractivity contribution in [3.05, 3.63) is 59.8 Å². The Labute approximate surface area is 282 Å². The van der Waals surface area contributed by atoms with Crippen molar-refractivity contribution in [1.82, 2.24) is 19.3 Å². The number of nitrogens with zero attached hydrogens (tertiary/aromatic N) is 4. The largest absolute Gasteiger partial charge is 0.495 e. The van der Waals surface area contributed by atoms with E-state index in [2.05, 4.69) is 15.1 Å². The summed E-state index contributed by atoms with van der Waals surface area (Å²) in [5.74, 6) is 0.418. The summed E-state index contributed by atoms with van der Waals surface area (Å²) in [4.78, 5) is 45.1. The molecule has 6 rings (SSSR count). The van der Waals surface area contributed by atoms with Crippen molar-refractivity contribution in [2.75, 3.05) is 65.0 Å². The van der Waals surface area contributed by atoms with Gasteiger partial charge in [0.1, 0.15) is 18.7 Å². The van der Waals surface area contributed by atoms with Crippen LogP contribution in [0.25, 0.3) is 10.9 Å². The van der Waals surface area contributed by atoms with Crippen LogP contribution in [0.4, 0.5) is 10.1 Å². The van der Waals surface area contributed by atoms with E-state index >= 15 is 0 Å². The number of aryl methyl sites for hydroxylation is 1. The Morgan fingerprint density at radius 3 is 2.54 bits per heavy atom. The first-order valence-corrected chi connectivity index (χ1v) is 17.3. The van der Waals surface area contributed by atoms with Crippen LogP contribution in [0.3, 0.4) is 0 Å². The molecule has 11 heteroatoms. The summed E-state index contributed by atoms with van der Waals surface area (Å²) in [6.07, 6.45) is 7.48. The van der Waals surface area contributed by atoms with Crippen LogP contribution in [0, 0.1) is 5.92 Å². The lowest BCUT2D eigenvalue weighted by atomic mass is 9.88. The third-order valence-electron chi connectivity index (χ3n) is 10.5. The quantitative estimate of drug-likeness (QED) is 0.289. The van der Waals surface area contributed by atoms with Gasteiger partial charge in [-0.25, -0.2) is 4.39 Å². The number of ether oxygens (including phenoxy) is 2. The molecule has 0 radical (unpaired) electrons. The lowest BCUT2D eigenvalue weighted by molar-refractivity contribution is -0.133. The van der Waals surface area contributed by atoms with E-state index in [1.165, 1.54) is 0 Å². The zero-order valence-corrected chi connectivity index (χ0v) is 28.1. The molecule has 1 aliphatic carbocycles. The fourth-order valence-corrected chi connectivity index (χ4v) is 7.67. The maximum Gasteiger partial charge on any atom is 0.257 e. The molecule has 10 nitrogen and oxygen atoms in total. The highest BCUT2D eigenvalue weighted by molar-refractivity contribution is 6.13. The van der Waals surface area contributed by atoms with Crippen LogP contribution in [0.2, 0.25) is 0 Å². The summed E-state index contributed by atoms with van der Waals surface area (Å²) in [5.41, 5.74) is 2.89. The third-order valence-corrected chi connectivity index (χ3v) is 10.5. The van der Waals surface area contributed by atoms with E-state index in [1.54, 1.807) is 13.2 Å². The average Bonchev–Trinajstić information content (AvgIpc) is 3.70. The Balaban J connectivity index is 1.12.